The van der Waals surface area contributed by atoms with Gasteiger partial charge in [0.1, 0.15) is 5.82 Å². The molecule has 2 N–H and O–H groups in total. The number of hydrogen-bond acceptors (Lipinski definition) is 3. The van der Waals surface area contributed by atoms with E-state index in [0.717, 1.165) is 18.8 Å². The molecule has 2 rings (SSSR count). The SMILES string of the molecule is CC1(C)CN(c2cccc(F)c2N)CCO1. The van der Waals surface area contributed by atoms with Crippen LogP contribution in [-0.2, 0) is 4.74 Å². The molecule has 88 valence electrons. The van der Waals surface area contributed by atoms with Crippen molar-refractivity contribution < 1.29 is 9.13 Å². The summed E-state index contributed by atoms with van der Waals surface area (Å²) in [6.07, 6.45) is 0. The smallest absolute Gasteiger partial charge is 0.148 e. The Hall–Kier alpha value is -1.29. The van der Waals surface area contributed by atoms with Crippen LogP contribution in [0.15, 0.2) is 18.2 Å². The van der Waals surface area contributed by atoms with Gasteiger partial charge in [-0.25, -0.2) is 4.39 Å². The van der Waals surface area contributed by atoms with Crippen LogP contribution in [0.2, 0.25) is 0 Å². The first-order valence-electron chi connectivity index (χ1n) is 5.42. The van der Waals surface area contributed by atoms with Crippen LogP contribution in [-0.4, -0.2) is 25.3 Å². The zero-order valence-electron chi connectivity index (χ0n) is 9.66. The van der Waals surface area contributed by atoms with E-state index in [-0.39, 0.29) is 17.1 Å². The zero-order chi connectivity index (χ0) is 11.8. The molecule has 0 aliphatic carbocycles. The fraction of sp³-hybridized carbons (Fsp3) is 0.500. The summed E-state index contributed by atoms with van der Waals surface area (Å²) in [6, 6.07) is 4.91. The van der Waals surface area contributed by atoms with Crippen LogP contribution in [0.1, 0.15) is 13.8 Å². The molecule has 0 amide bonds. The third kappa shape index (κ3) is 2.11. The lowest BCUT2D eigenvalue weighted by Crippen LogP contribution is -2.48. The maximum absolute atomic E-state index is 13.3. The minimum absolute atomic E-state index is 0.211. The average Bonchev–Trinajstić information content (AvgIpc) is 2.20. The van der Waals surface area contributed by atoms with Crippen molar-refractivity contribution in [3.05, 3.63) is 24.0 Å². The summed E-state index contributed by atoms with van der Waals surface area (Å²) in [6.45, 7) is 6.16. The highest BCUT2D eigenvalue weighted by atomic mass is 19.1. The molecule has 16 heavy (non-hydrogen) atoms. The van der Waals surface area contributed by atoms with E-state index in [1.165, 1.54) is 6.07 Å². The molecule has 0 radical (unpaired) electrons. The third-order valence-corrected chi connectivity index (χ3v) is 2.80. The van der Waals surface area contributed by atoms with Crippen molar-refractivity contribution >= 4 is 11.4 Å². The molecule has 0 unspecified atom stereocenters. The fourth-order valence-corrected chi connectivity index (χ4v) is 2.02. The number of hydrogen-bond donors (Lipinski definition) is 1. The molecule has 0 bridgehead atoms. The van der Waals surface area contributed by atoms with E-state index in [0.29, 0.717) is 6.61 Å². The van der Waals surface area contributed by atoms with Crippen LogP contribution in [0, 0.1) is 5.82 Å². The van der Waals surface area contributed by atoms with Crippen molar-refractivity contribution in [1.29, 1.82) is 0 Å². The van der Waals surface area contributed by atoms with Gasteiger partial charge in [-0.2, -0.15) is 0 Å². The maximum Gasteiger partial charge on any atom is 0.148 e. The molecule has 1 aromatic rings. The molecule has 0 atom stereocenters. The Morgan fingerprint density at radius 3 is 2.88 bits per heavy atom. The molecule has 0 saturated carbocycles. The standard InChI is InChI=1S/C12H17FN2O/c1-12(2)8-15(6-7-16-12)10-5-3-4-9(13)11(10)14/h3-5H,6-8,14H2,1-2H3. The molecule has 0 aromatic heterocycles. The summed E-state index contributed by atoms with van der Waals surface area (Å²) in [7, 11) is 0. The van der Waals surface area contributed by atoms with Gasteiger partial charge in [0.05, 0.1) is 23.6 Å². The number of nitrogen functional groups attached to an aromatic ring is 1. The van der Waals surface area contributed by atoms with Crippen molar-refractivity contribution in [2.24, 2.45) is 0 Å². The largest absolute Gasteiger partial charge is 0.395 e. The number of morpholine rings is 1. The number of benzene rings is 1. The second-order valence-corrected chi connectivity index (χ2v) is 4.70. The summed E-state index contributed by atoms with van der Waals surface area (Å²) in [5, 5.41) is 0. The van der Waals surface area contributed by atoms with Crippen molar-refractivity contribution in [3.63, 3.8) is 0 Å². The summed E-state index contributed by atoms with van der Waals surface area (Å²) < 4.78 is 19.0. The lowest BCUT2D eigenvalue weighted by molar-refractivity contribution is -0.0276. The summed E-state index contributed by atoms with van der Waals surface area (Å²) >= 11 is 0. The highest BCUT2D eigenvalue weighted by Crippen LogP contribution is 2.29. The van der Waals surface area contributed by atoms with E-state index in [1.807, 2.05) is 19.9 Å². The summed E-state index contributed by atoms with van der Waals surface area (Å²) in [5.74, 6) is -0.359. The first kappa shape index (κ1) is 11.2. The Kier molecular flexibility index (Phi) is 2.76. The first-order valence-corrected chi connectivity index (χ1v) is 5.42. The predicted molar refractivity (Wildman–Crippen MR) is 63.1 cm³/mol. The number of para-hydroxylation sites is 1. The molecule has 1 aliphatic rings. The Labute approximate surface area is 95.0 Å². The normalized spacial score (nSPS) is 19.8. The summed E-state index contributed by atoms with van der Waals surface area (Å²) in [4.78, 5) is 2.07. The van der Waals surface area contributed by atoms with Crippen LogP contribution in [0.4, 0.5) is 15.8 Å². The topological polar surface area (TPSA) is 38.5 Å². The molecule has 1 heterocycles. The molecule has 1 aliphatic heterocycles. The minimum Gasteiger partial charge on any atom is -0.395 e. The van der Waals surface area contributed by atoms with Gasteiger partial charge in [-0.15, -0.1) is 0 Å². The Morgan fingerprint density at radius 2 is 2.19 bits per heavy atom. The molecule has 1 fully saturated rings. The van der Waals surface area contributed by atoms with E-state index in [4.69, 9.17) is 10.5 Å². The van der Waals surface area contributed by atoms with Gasteiger partial charge in [0.2, 0.25) is 0 Å². The fourth-order valence-electron chi connectivity index (χ4n) is 2.02. The molecule has 3 nitrogen and oxygen atoms in total. The maximum atomic E-state index is 13.3. The van der Waals surface area contributed by atoms with Gasteiger partial charge >= 0.3 is 0 Å². The first-order chi connectivity index (χ1) is 7.49. The lowest BCUT2D eigenvalue weighted by Gasteiger charge is -2.39. The van der Waals surface area contributed by atoms with Crippen LogP contribution in [0.25, 0.3) is 0 Å². The quantitative estimate of drug-likeness (QED) is 0.742. The molecular weight excluding hydrogens is 207 g/mol. The average molecular weight is 224 g/mol. The van der Waals surface area contributed by atoms with Gasteiger partial charge in [0.15, 0.2) is 0 Å². The van der Waals surface area contributed by atoms with Gasteiger partial charge in [0.25, 0.3) is 0 Å². The van der Waals surface area contributed by atoms with E-state index in [9.17, 15) is 4.39 Å². The van der Waals surface area contributed by atoms with Crippen LogP contribution in [0.5, 0.6) is 0 Å². The number of nitrogens with zero attached hydrogens (tertiary/aromatic N) is 1. The number of rotatable bonds is 1. The second-order valence-electron chi connectivity index (χ2n) is 4.70. The predicted octanol–water partition coefficient (Wildman–Crippen LogP) is 2.02. The van der Waals surface area contributed by atoms with Crippen molar-refractivity contribution in [3.8, 4) is 0 Å². The highest BCUT2D eigenvalue weighted by molar-refractivity contribution is 5.68. The zero-order valence-corrected chi connectivity index (χ0v) is 9.66. The Morgan fingerprint density at radius 1 is 1.44 bits per heavy atom. The number of ether oxygens (including phenoxy) is 1. The van der Waals surface area contributed by atoms with Gasteiger partial charge in [-0.1, -0.05) is 6.07 Å². The van der Waals surface area contributed by atoms with E-state index >= 15 is 0 Å². The monoisotopic (exact) mass is 224 g/mol. The van der Waals surface area contributed by atoms with Crippen LogP contribution >= 0.6 is 0 Å². The number of nitrogens with two attached hydrogens (primary N) is 1. The van der Waals surface area contributed by atoms with E-state index in [1.54, 1.807) is 6.07 Å². The molecule has 0 spiro atoms. The Balaban J connectivity index is 2.27. The van der Waals surface area contributed by atoms with E-state index < -0.39 is 0 Å². The molecule has 1 saturated heterocycles. The van der Waals surface area contributed by atoms with Crippen LogP contribution < -0.4 is 10.6 Å². The van der Waals surface area contributed by atoms with E-state index in [2.05, 4.69) is 4.90 Å². The lowest BCUT2D eigenvalue weighted by atomic mass is 10.1. The third-order valence-electron chi connectivity index (χ3n) is 2.80. The highest BCUT2D eigenvalue weighted by Gasteiger charge is 2.28. The molecule has 4 heteroatoms. The number of anilines is 2. The van der Waals surface area contributed by atoms with Gasteiger partial charge in [0, 0.05) is 13.1 Å². The summed E-state index contributed by atoms with van der Waals surface area (Å²) in [5.41, 5.74) is 6.52. The van der Waals surface area contributed by atoms with Gasteiger partial charge in [-0.3, -0.25) is 0 Å². The number of halogens is 1. The Bertz CT molecular complexity index is 393. The van der Waals surface area contributed by atoms with Gasteiger partial charge in [-0.05, 0) is 26.0 Å². The van der Waals surface area contributed by atoms with Crippen molar-refractivity contribution in [1.82, 2.24) is 0 Å². The van der Waals surface area contributed by atoms with Crippen molar-refractivity contribution in [2.75, 3.05) is 30.3 Å². The van der Waals surface area contributed by atoms with Gasteiger partial charge < -0.3 is 15.4 Å². The second kappa shape index (κ2) is 3.94. The molecule has 1 aromatic carbocycles. The van der Waals surface area contributed by atoms with Crippen molar-refractivity contribution in [2.45, 2.75) is 19.4 Å². The minimum atomic E-state index is -0.359. The van der Waals surface area contributed by atoms with Crippen LogP contribution in [0.3, 0.4) is 0 Å². The molecular formula is C12H17FN2O.